The molecule has 0 N–H and O–H groups in total. The zero-order valence-corrected chi connectivity index (χ0v) is 15.1. The molecular formula is C19H20F4O4. The number of ether oxygens (including phenoxy) is 2. The molecule has 1 saturated carbocycles. The van der Waals surface area contributed by atoms with Gasteiger partial charge in [-0.15, -0.1) is 0 Å². The summed E-state index contributed by atoms with van der Waals surface area (Å²) in [6.07, 6.45) is 3.09. The van der Waals surface area contributed by atoms with E-state index in [2.05, 4.69) is 11.3 Å². The van der Waals surface area contributed by atoms with Gasteiger partial charge in [-0.1, -0.05) is 13.5 Å². The SMILES string of the molecule is C=C(CC(=O)Oc1c(F)c(F)c(C)c(F)c1F)C(=O)OC1(CC)CCCC1. The van der Waals surface area contributed by atoms with Gasteiger partial charge in [0.05, 0.1) is 6.42 Å². The van der Waals surface area contributed by atoms with E-state index in [1.807, 2.05) is 6.92 Å². The van der Waals surface area contributed by atoms with Crippen molar-refractivity contribution in [1.29, 1.82) is 0 Å². The van der Waals surface area contributed by atoms with Gasteiger partial charge in [0.15, 0.2) is 11.6 Å². The van der Waals surface area contributed by atoms with E-state index in [4.69, 9.17) is 4.74 Å². The molecule has 0 aliphatic heterocycles. The highest BCUT2D eigenvalue weighted by Crippen LogP contribution is 2.36. The predicted molar refractivity (Wildman–Crippen MR) is 88.0 cm³/mol. The maximum absolute atomic E-state index is 13.8. The summed E-state index contributed by atoms with van der Waals surface area (Å²) >= 11 is 0. The summed E-state index contributed by atoms with van der Waals surface area (Å²) in [5, 5.41) is 0. The van der Waals surface area contributed by atoms with Gasteiger partial charge in [0.1, 0.15) is 5.60 Å². The lowest BCUT2D eigenvalue weighted by molar-refractivity contribution is -0.155. The molecule has 8 heteroatoms. The Morgan fingerprint density at radius 2 is 1.56 bits per heavy atom. The van der Waals surface area contributed by atoms with E-state index in [-0.39, 0.29) is 5.57 Å². The standard InChI is InChI=1S/C19H20F4O4/c1-4-19(7-5-6-8-19)27-18(25)10(2)9-12(24)26-17-15(22)13(20)11(3)14(21)16(17)23/h2,4-9H2,1,3H3. The third kappa shape index (κ3) is 4.31. The zero-order valence-electron chi connectivity index (χ0n) is 15.1. The Bertz CT molecular complexity index is 753. The Labute approximate surface area is 154 Å². The van der Waals surface area contributed by atoms with Crippen molar-refractivity contribution < 1.29 is 36.6 Å². The van der Waals surface area contributed by atoms with Crippen LogP contribution in [0.15, 0.2) is 12.2 Å². The smallest absolute Gasteiger partial charge is 0.334 e. The molecule has 27 heavy (non-hydrogen) atoms. The first-order valence-electron chi connectivity index (χ1n) is 8.56. The normalized spacial score (nSPS) is 15.5. The minimum Gasteiger partial charge on any atom is -0.456 e. The van der Waals surface area contributed by atoms with Crippen LogP contribution < -0.4 is 4.74 Å². The van der Waals surface area contributed by atoms with E-state index < -0.39 is 58.5 Å². The maximum Gasteiger partial charge on any atom is 0.334 e. The molecule has 1 aromatic rings. The lowest BCUT2D eigenvalue weighted by Crippen LogP contribution is -2.32. The molecule has 1 fully saturated rings. The first-order chi connectivity index (χ1) is 12.6. The first kappa shape index (κ1) is 20.9. The molecule has 0 radical (unpaired) electrons. The van der Waals surface area contributed by atoms with E-state index >= 15 is 0 Å². The van der Waals surface area contributed by atoms with Crippen molar-refractivity contribution in [1.82, 2.24) is 0 Å². The van der Waals surface area contributed by atoms with Crippen LogP contribution >= 0.6 is 0 Å². The van der Waals surface area contributed by atoms with E-state index in [9.17, 15) is 27.2 Å². The van der Waals surface area contributed by atoms with Crippen LogP contribution in [0.5, 0.6) is 5.75 Å². The molecule has 0 amide bonds. The predicted octanol–water partition coefficient (Wildman–Crippen LogP) is 4.67. The summed E-state index contributed by atoms with van der Waals surface area (Å²) < 4.78 is 64.4. The number of carbonyl (C=O) groups excluding carboxylic acids is 2. The highest BCUT2D eigenvalue weighted by atomic mass is 19.2. The van der Waals surface area contributed by atoms with Gasteiger partial charge in [-0.3, -0.25) is 4.79 Å². The second-order valence-corrected chi connectivity index (χ2v) is 6.60. The molecule has 0 spiro atoms. The Hall–Kier alpha value is -2.38. The molecule has 0 unspecified atom stereocenters. The van der Waals surface area contributed by atoms with Gasteiger partial charge in [0.25, 0.3) is 0 Å². The van der Waals surface area contributed by atoms with Gasteiger partial charge < -0.3 is 9.47 Å². The lowest BCUT2D eigenvalue weighted by Gasteiger charge is -2.27. The van der Waals surface area contributed by atoms with Crippen LogP contribution in [-0.4, -0.2) is 17.5 Å². The van der Waals surface area contributed by atoms with Gasteiger partial charge in [-0.2, -0.15) is 8.78 Å². The van der Waals surface area contributed by atoms with Crippen molar-refractivity contribution in [3.05, 3.63) is 41.0 Å². The number of hydrogen-bond acceptors (Lipinski definition) is 4. The van der Waals surface area contributed by atoms with Crippen LogP contribution in [0.25, 0.3) is 0 Å². The summed E-state index contributed by atoms with van der Waals surface area (Å²) in [6, 6.07) is 0. The molecule has 0 bridgehead atoms. The third-order valence-electron chi connectivity index (χ3n) is 4.77. The van der Waals surface area contributed by atoms with Gasteiger partial charge in [0.2, 0.25) is 17.4 Å². The molecule has 0 aromatic heterocycles. The molecule has 4 nitrogen and oxygen atoms in total. The van der Waals surface area contributed by atoms with Crippen LogP contribution in [0.1, 0.15) is 51.0 Å². The number of esters is 2. The van der Waals surface area contributed by atoms with Crippen LogP contribution in [0.3, 0.4) is 0 Å². The molecule has 1 aliphatic rings. The number of hydrogen-bond donors (Lipinski definition) is 0. The minimum absolute atomic E-state index is 0.284. The van der Waals surface area contributed by atoms with Gasteiger partial charge in [-0.25, -0.2) is 13.6 Å². The lowest BCUT2D eigenvalue weighted by atomic mass is 9.98. The Kier molecular flexibility index (Phi) is 6.28. The van der Waals surface area contributed by atoms with E-state index in [1.165, 1.54) is 0 Å². The van der Waals surface area contributed by atoms with Crippen molar-refractivity contribution in [2.75, 3.05) is 0 Å². The minimum atomic E-state index is -1.83. The number of rotatable bonds is 6. The van der Waals surface area contributed by atoms with Gasteiger partial charge in [0, 0.05) is 11.1 Å². The quantitative estimate of drug-likeness (QED) is 0.234. The van der Waals surface area contributed by atoms with Crippen molar-refractivity contribution in [2.45, 2.75) is 58.0 Å². The average Bonchev–Trinajstić information content (AvgIpc) is 3.10. The van der Waals surface area contributed by atoms with Crippen LogP contribution in [-0.2, 0) is 14.3 Å². The summed E-state index contributed by atoms with van der Waals surface area (Å²) in [4.78, 5) is 24.0. The van der Waals surface area contributed by atoms with Crippen molar-refractivity contribution >= 4 is 11.9 Å². The monoisotopic (exact) mass is 388 g/mol. The van der Waals surface area contributed by atoms with E-state index in [0.717, 1.165) is 19.8 Å². The van der Waals surface area contributed by atoms with Gasteiger partial charge in [-0.05, 0) is 39.0 Å². The molecule has 0 atom stereocenters. The van der Waals surface area contributed by atoms with Crippen molar-refractivity contribution in [3.8, 4) is 5.75 Å². The van der Waals surface area contributed by atoms with Crippen LogP contribution in [0.4, 0.5) is 17.6 Å². The Balaban J connectivity index is 2.06. The summed E-state index contributed by atoms with van der Waals surface area (Å²) in [7, 11) is 0. The second kappa shape index (κ2) is 8.10. The van der Waals surface area contributed by atoms with Crippen LogP contribution in [0.2, 0.25) is 0 Å². The van der Waals surface area contributed by atoms with Crippen molar-refractivity contribution in [3.63, 3.8) is 0 Å². The Morgan fingerprint density at radius 3 is 2.04 bits per heavy atom. The van der Waals surface area contributed by atoms with Crippen molar-refractivity contribution in [2.24, 2.45) is 0 Å². The average molecular weight is 388 g/mol. The molecule has 0 saturated heterocycles. The van der Waals surface area contributed by atoms with Gasteiger partial charge >= 0.3 is 11.9 Å². The summed E-state index contributed by atoms with van der Waals surface area (Å²) in [5.74, 6) is -10.6. The fourth-order valence-corrected chi connectivity index (χ4v) is 3.02. The second-order valence-electron chi connectivity index (χ2n) is 6.60. The largest absolute Gasteiger partial charge is 0.456 e. The number of halogens is 4. The highest BCUT2D eigenvalue weighted by Gasteiger charge is 2.36. The summed E-state index contributed by atoms with van der Waals surface area (Å²) in [6.45, 7) is 6.14. The van der Waals surface area contributed by atoms with E-state index in [0.29, 0.717) is 19.3 Å². The zero-order chi connectivity index (χ0) is 20.4. The molecule has 148 valence electrons. The number of carbonyl (C=O) groups is 2. The molecule has 1 aliphatic carbocycles. The molecule has 0 heterocycles. The number of benzene rings is 1. The highest BCUT2D eigenvalue weighted by molar-refractivity contribution is 5.93. The molecule has 1 aromatic carbocycles. The maximum atomic E-state index is 13.8. The summed E-state index contributed by atoms with van der Waals surface area (Å²) in [5.41, 5.74) is -1.77. The first-order valence-corrected chi connectivity index (χ1v) is 8.56. The topological polar surface area (TPSA) is 52.6 Å². The molecule has 2 rings (SSSR count). The fourth-order valence-electron chi connectivity index (χ4n) is 3.02. The fraction of sp³-hybridized carbons (Fsp3) is 0.474. The third-order valence-corrected chi connectivity index (χ3v) is 4.77. The van der Waals surface area contributed by atoms with E-state index in [1.54, 1.807) is 0 Å². The van der Waals surface area contributed by atoms with Crippen LogP contribution in [0, 0.1) is 30.2 Å². The Morgan fingerprint density at radius 1 is 1.04 bits per heavy atom. The molecular weight excluding hydrogens is 368 g/mol.